The van der Waals surface area contributed by atoms with Crippen LogP contribution >= 0.6 is 0 Å². The van der Waals surface area contributed by atoms with Crippen LogP contribution in [0, 0.1) is 0 Å². The van der Waals surface area contributed by atoms with Crippen molar-refractivity contribution >= 4 is 5.97 Å². The van der Waals surface area contributed by atoms with Crippen LogP contribution in [-0.4, -0.2) is 30.9 Å². The van der Waals surface area contributed by atoms with Crippen molar-refractivity contribution in [3.63, 3.8) is 0 Å². The first-order valence-corrected chi connectivity index (χ1v) is 4.71. The van der Waals surface area contributed by atoms with Crippen LogP contribution in [0.15, 0.2) is 16.5 Å². The first-order chi connectivity index (χ1) is 7.24. The number of hydrogen-bond donors (Lipinski definition) is 1. The highest BCUT2D eigenvalue weighted by Crippen LogP contribution is 2.08. The van der Waals surface area contributed by atoms with Crippen LogP contribution in [0.2, 0.25) is 0 Å². The Hall–Kier alpha value is -1.33. The predicted octanol–water partition coefficient (Wildman–Crippen LogP) is 1.53. The summed E-state index contributed by atoms with van der Waals surface area (Å²) in [4.78, 5) is 10.5. The highest BCUT2D eigenvalue weighted by Gasteiger charge is 2.08. The first kappa shape index (κ1) is 11.7. The van der Waals surface area contributed by atoms with Crippen molar-refractivity contribution in [2.75, 3.05) is 19.8 Å². The Labute approximate surface area is 87.6 Å². The van der Waals surface area contributed by atoms with Gasteiger partial charge in [0.05, 0.1) is 13.2 Å². The van der Waals surface area contributed by atoms with Crippen LogP contribution in [0.5, 0.6) is 0 Å². The van der Waals surface area contributed by atoms with Gasteiger partial charge in [0.2, 0.25) is 5.76 Å². The van der Waals surface area contributed by atoms with E-state index in [1.807, 2.05) is 6.92 Å². The van der Waals surface area contributed by atoms with Gasteiger partial charge in [0.25, 0.3) is 0 Å². The van der Waals surface area contributed by atoms with Crippen molar-refractivity contribution in [2.45, 2.75) is 13.5 Å². The summed E-state index contributed by atoms with van der Waals surface area (Å²) in [6.07, 6.45) is 0. The molecule has 0 bridgehead atoms. The third-order valence-electron chi connectivity index (χ3n) is 1.69. The number of rotatable bonds is 7. The van der Waals surface area contributed by atoms with E-state index in [1.165, 1.54) is 6.07 Å². The Bertz CT molecular complexity index is 305. The van der Waals surface area contributed by atoms with E-state index < -0.39 is 5.97 Å². The lowest BCUT2D eigenvalue weighted by Crippen LogP contribution is -2.03. The van der Waals surface area contributed by atoms with Crippen molar-refractivity contribution in [3.8, 4) is 0 Å². The van der Waals surface area contributed by atoms with Crippen LogP contribution in [0.3, 0.4) is 0 Å². The molecular weight excluding hydrogens is 200 g/mol. The largest absolute Gasteiger partial charge is 0.475 e. The molecular formula is C10H14O5. The van der Waals surface area contributed by atoms with E-state index in [2.05, 4.69) is 0 Å². The molecule has 0 amide bonds. The van der Waals surface area contributed by atoms with E-state index in [9.17, 15) is 4.79 Å². The molecule has 0 fully saturated rings. The minimum absolute atomic E-state index is 0.0709. The van der Waals surface area contributed by atoms with Crippen molar-refractivity contribution in [2.24, 2.45) is 0 Å². The molecule has 1 aromatic heterocycles. The van der Waals surface area contributed by atoms with Gasteiger partial charge in [-0.1, -0.05) is 0 Å². The highest BCUT2D eigenvalue weighted by atomic mass is 16.5. The van der Waals surface area contributed by atoms with E-state index in [0.717, 1.165) is 0 Å². The van der Waals surface area contributed by atoms with Crippen LogP contribution in [-0.2, 0) is 16.1 Å². The third-order valence-corrected chi connectivity index (χ3v) is 1.69. The summed E-state index contributed by atoms with van der Waals surface area (Å²) in [6, 6.07) is 2.99. The van der Waals surface area contributed by atoms with Crippen LogP contribution in [0.1, 0.15) is 23.2 Å². The average Bonchev–Trinajstić information content (AvgIpc) is 2.66. The molecule has 0 radical (unpaired) electrons. The van der Waals surface area contributed by atoms with Gasteiger partial charge in [-0.3, -0.25) is 0 Å². The molecule has 1 aromatic rings. The minimum Gasteiger partial charge on any atom is -0.475 e. The molecule has 84 valence electrons. The Morgan fingerprint density at radius 1 is 1.40 bits per heavy atom. The van der Waals surface area contributed by atoms with Gasteiger partial charge >= 0.3 is 5.97 Å². The highest BCUT2D eigenvalue weighted by molar-refractivity contribution is 5.84. The molecule has 5 heteroatoms. The maximum Gasteiger partial charge on any atom is 0.371 e. The maximum atomic E-state index is 10.5. The Balaban J connectivity index is 2.23. The summed E-state index contributed by atoms with van der Waals surface area (Å²) in [5.41, 5.74) is 0. The van der Waals surface area contributed by atoms with Gasteiger partial charge < -0.3 is 19.0 Å². The minimum atomic E-state index is -1.07. The number of carboxylic acids is 1. The summed E-state index contributed by atoms with van der Waals surface area (Å²) in [5.74, 6) is -0.641. The number of carboxylic acid groups (broad SMARTS) is 1. The summed E-state index contributed by atoms with van der Waals surface area (Å²) in [6.45, 7) is 3.83. The number of aromatic carboxylic acids is 1. The Kier molecular flexibility index (Phi) is 4.86. The lowest BCUT2D eigenvalue weighted by Gasteiger charge is -2.01. The number of carbonyl (C=O) groups is 1. The van der Waals surface area contributed by atoms with Gasteiger partial charge in [0, 0.05) is 6.61 Å². The van der Waals surface area contributed by atoms with Gasteiger partial charge in [-0.2, -0.15) is 0 Å². The monoisotopic (exact) mass is 214 g/mol. The van der Waals surface area contributed by atoms with E-state index in [-0.39, 0.29) is 12.4 Å². The molecule has 0 atom stereocenters. The van der Waals surface area contributed by atoms with Gasteiger partial charge in [-0.15, -0.1) is 0 Å². The molecule has 0 saturated carbocycles. The zero-order chi connectivity index (χ0) is 11.1. The molecule has 0 unspecified atom stereocenters. The fourth-order valence-electron chi connectivity index (χ4n) is 1.01. The fourth-order valence-corrected chi connectivity index (χ4v) is 1.01. The number of furan rings is 1. The molecule has 1 rings (SSSR count). The summed E-state index contributed by atoms with van der Waals surface area (Å²) in [5, 5.41) is 8.59. The zero-order valence-corrected chi connectivity index (χ0v) is 8.56. The normalized spacial score (nSPS) is 10.5. The molecule has 0 aliphatic heterocycles. The molecule has 5 nitrogen and oxygen atoms in total. The van der Waals surface area contributed by atoms with E-state index in [1.54, 1.807) is 6.07 Å². The second-order valence-corrected chi connectivity index (χ2v) is 2.82. The molecule has 1 heterocycles. The lowest BCUT2D eigenvalue weighted by atomic mass is 10.4. The smallest absolute Gasteiger partial charge is 0.371 e. The van der Waals surface area contributed by atoms with Crippen LogP contribution < -0.4 is 0 Å². The molecule has 0 aromatic carbocycles. The maximum absolute atomic E-state index is 10.5. The van der Waals surface area contributed by atoms with Gasteiger partial charge in [-0.25, -0.2) is 4.79 Å². The Morgan fingerprint density at radius 3 is 2.73 bits per heavy atom. The molecule has 15 heavy (non-hydrogen) atoms. The number of ether oxygens (including phenoxy) is 2. The van der Waals surface area contributed by atoms with E-state index >= 15 is 0 Å². The lowest BCUT2D eigenvalue weighted by molar-refractivity contribution is 0.0379. The van der Waals surface area contributed by atoms with Crippen molar-refractivity contribution < 1.29 is 23.8 Å². The van der Waals surface area contributed by atoms with Gasteiger partial charge in [-0.05, 0) is 19.1 Å². The van der Waals surface area contributed by atoms with E-state index in [4.69, 9.17) is 19.0 Å². The van der Waals surface area contributed by atoms with Crippen molar-refractivity contribution in [1.82, 2.24) is 0 Å². The summed E-state index contributed by atoms with van der Waals surface area (Å²) >= 11 is 0. The first-order valence-electron chi connectivity index (χ1n) is 4.71. The Morgan fingerprint density at radius 2 is 2.13 bits per heavy atom. The summed E-state index contributed by atoms with van der Waals surface area (Å²) < 4.78 is 15.3. The molecule has 0 saturated heterocycles. The third kappa shape index (κ3) is 4.14. The SMILES string of the molecule is CCOCCOCc1ccc(C(=O)O)o1. The molecule has 0 aliphatic rings. The zero-order valence-electron chi connectivity index (χ0n) is 8.56. The van der Waals surface area contributed by atoms with Crippen molar-refractivity contribution in [1.29, 1.82) is 0 Å². The quantitative estimate of drug-likeness (QED) is 0.697. The van der Waals surface area contributed by atoms with Gasteiger partial charge in [0.15, 0.2) is 0 Å². The topological polar surface area (TPSA) is 68.9 Å². The fraction of sp³-hybridized carbons (Fsp3) is 0.500. The molecule has 0 spiro atoms. The van der Waals surface area contributed by atoms with E-state index in [0.29, 0.717) is 25.6 Å². The second-order valence-electron chi connectivity index (χ2n) is 2.82. The standard InChI is InChI=1S/C10H14O5/c1-2-13-5-6-14-7-8-3-4-9(15-8)10(11)12/h3-4H,2,5-7H2,1H3,(H,11,12). The second kappa shape index (κ2) is 6.21. The predicted molar refractivity (Wildman–Crippen MR) is 51.8 cm³/mol. The van der Waals surface area contributed by atoms with Crippen molar-refractivity contribution in [3.05, 3.63) is 23.7 Å². The van der Waals surface area contributed by atoms with Crippen LogP contribution in [0.4, 0.5) is 0 Å². The van der Waals surface area contributed by atoms with Gasteiger partial charge in [0.1, 0.15) is 12.4 Å². The average molecular weight is 214 g/mol. The molecule has 1 N–H and O–H groups in total. The summed E-state index contributed by atoms with van der Waals surface area (Å²) in [7, 11) is 0. The molecule has 0 aliphatic carbocycles. The van der Waals surface area contributed by atoms with Crippen LogP contribution in [0.25, 0.3) is 0 Å². The number of hydrogen-bond acceptors (Lipinski definition) is 4.